The fourth-order valence-electron chi connectivity index (χ4n) is 2.53. The van der Waals surface area contributed by atoms with Crippen LogP contribution in [-0.2, 0) is 22.6 Å². The quantitative estimate of drug-likeness (QED) is 0.834. The second-order valence-electron chi connectivity index (χ2n) is 5.31. The molecule has 118 valence electrons. The molecular weight excluding hydrogens is 282 g/mol. The van der Waals surface area contributed by atoms with Gasteiger partial charge in [-0.25, -0.2) is 15.0 Å². The monoisotopic (exact) mass is 303 g/mol. The number of ether oxygens (including phenoxy) is 2. The number of imidazole rings is 1. The summed E-state index contributed by atoms with van der Waals surface area (Å²) in [6.45, 7) is 3.70. The van der Waals surface area contributed by atoms with Gasteiger partial charge in [-0.15, -0.1) is 0 Å². The van der Waals surface area contributed by atoms with E-state index in [2.05, 4.69) is 24.8 Å². The summed E-state index contributed by atoms with van der Waals surface area (Å²) in [5.74, 6) is 1.21. The number of nitrogens with zero attached hydrogens (tertiary/aromatic N) is 4. The Balaban J connectivity index is 1.61. The van der Waals surface area contributed by atoms with E-state index in [0.717, 1.165) is 43.4 Å². The van der Waals surface area contributed by atoms with Gasteiger partial charge >= 0.3 is 0 Å². The molecule has 22 heavy (non-hydrogen) atoms. The molecule has 3 rings (SSSR count). The molecule has 0 unspecified atom stereocenters. The molecule has 2 aromatic rings. The third kappa shape index (κ3) is 3.61. The van der Waals surface area contributed by atoms with E-state index in [1.165, 1.54) is 0 Å². The predicted octanol–water partition coefficient (Wildman–Crippen LogP) is 1.44. The number of methoxy groups -OCH3 is 1. The van der Waals surface area contributed by atoms with Crippen molar-refractivity contribution < 1.29 is 9.47 Å². The third-order valence-electron chi connectivity index (χ3n) is 3.82. The van der Waals surface area contributed by atoms with E-state index >= 15 is 0 Å². The third-order valence-corrected chi connectivity index (χ3v) is 3.82. The summed E-state index contributed by atoms with van der Waals surface area (Å²) in [6.07, 6.45) is 6.31. The molecule has 7 nitrogen and oxygen atoms in total. The van der Waals surface area contributed by atoms with Gasteiger partial charge in [0.15, 0.2) is 0 Å². The van der Waals surface area contributed by atoms with Crippen molar-refractivity contribution in [2.75, 3.05) is 32.2 Å². The van der Waals surface area contributed by atoms with Crippen LogP contribution in [0.25, 0.3) is 0 Å². The summed E-state index contributed by atoms with van der Waals surface area (Å²) < 4.78 is 12.6. The van der Waals surface area contributed by atoms with E-state index in [4.69, 9.17) is 9.47 Å². The molecule has 0 aliphatic carbocycles. The first-order valence-corrected chi connectivity index (χ1v) is 7.48. The molecule has 0 radical (unpaired) electrons. The van der Waals surface area contributed by atoms with Crippen molar-refractivity contribution in [2.45, 2.75) is 25.4 Å². The van der Waals surface area contributed by atoms with Crippen molar-refractivity contribution in [1.29, 1.82) is 0 Å². The van der Waals surface area contributed by atoms with Gasteiger partial charge < -0.3 is 19.4 Å². The van der Waals surface area contributed by atoms with Crippen LogP contribution in [0.15, 0.2) is 24.9 Å². The van der Waals surface area contributed by atoms with E-state index in [0.29, 0.717) is 19.1 Å². The van der Waals surface area contributed by atoms with Gasteiger partial charge in [-0.2, -0.15) is 0 Å². The largest absolute Gasteiger partial charge is 0.383 e. The summed E-state index contributed by atoms with van der Waals surface area (Å²) in [4.78, 5) is 12.8. The van der Waals surface area contributed by atoms with Gasteiger partial charge in [-0.1, -0.05) is 0 Å². The molecule has 0 amide bonds. The highest BCUT2D eigenvalue weighted by Gasteiger charge is 2.19. The topological polar surface area (TPSA) is 74.1 Å². The van der Waals surface area contributed by atoms with Crippen molar-refractivity contribution in [2.24, 2.45) is 0 Å². The van der Waals surface area contributed by atoms with Crippen molar-refractivity contribution >= 4 is 5.82 Å². The number of hydrogen-bond donors (Lipinski definition) is 1. The molecule has 3 heterocycles. The summed E-state index contributed by atoms with van der Waals surface area (Å²) in [6, 6.07) is 2.01. The molecule has 0 aromatic carbocycles. The Labute approximate surface area is 129 Å². The summed E-state index contributed by atoms with van der Waals surface area (Å²) in [5.41, 5.74) is 2.14. The number of anilines is 1. The first kappa shape index (κ1) is 14.9. The van der Waals surface area contributed by atoms with Crippen molar-refractivity contribution in [3.63, 3.8) is 0 Å². The molecule has 1 aliphatic heterocycles. The molecule has 1 fully saturated rings. The maximum atomic E-state index is 5.42. The molecule has 1 atom stereocenters. The van der Waals surface area contributed by atoms with Gasteiger partial charge in [-0.05, 0) is 6.42 Å². The number of aromatic nitrogens is 4. The Morgan fingerprint density at radius 2 is 2.41 bits per heavy atom. The fraction of sp³-hybridized carbons (Fsp3) is 0.533. The van der Waals surface area contributed by atoms with Crippen LogP contribution in [-0.4, -0.2) is 46.4 Å². The maximum absolute atomic E-state index is 5.42. The highest BCUT2D eigenvalue weighted by Crippen LogP contribution is 2.24. The number of rotatable bonds is 7. The van der Waals surface area contributed by atoms with Crippen LogP contribution >= 0.6 is 0 Å². The smallest absolute Gasteiger partial charge is 0.129 e. The van der Waals surface area contributed by atoms with E-state index in [1.54, 1.807) is 13.4 Å². The Morgan fingerprint density at radius 3 is 3.23 bits per heavy atom. The normalized spacial score (nSPS) is 17.8. The first-order chi connectivity index (χ1) is 10.9. The second-order valence-corrected chi connectivity index (χ2v) is 5.31. The zero-order valence-corrected chi connectivity index (χ0v) is 12.7. The van der Waals surface area contributed by atoms with E-state index in [-0.39, 0.29) is 0 Å². The van der Waals surface area contributed by atoms with Gasteiger partial charge in [0.25, 0.3) is 0 Å². The number of nitrogens with one attached hydrogen (secondary N) is 1. The summed E-state index contributed by atoms with van der Waals surface area (Å²) in [5, 5.41) is 3.33. The Kier molecular flexibility index (Phi) is 4.97. The Morgan fingerprint density at radius 1 is 1.45 bits per heavy atom. The van der Waals surface area contributed by atoms with Crippen molar-refractivity contribution in [3.8, 4) is 0 Å². The lowest BCUT2D eigenvalue weighted by molar-refractivity contribution is 0.186. The molecule has 0 bridgehead atoms. The zero-order chi connectivity index (χ0) is 15.2. The lowest BCUT2D eigenvalue weighted by Gasteiger charge is -2.11. The van der Waals surface area contributed by atoms with Crippen LogP contribution in [0.1, 0.15) is 23.7 Å². The fourth-order valence-corrected chi connectivity index (χ4v) is 2.53. The van der Waals surface area contributed by atoms with Crippen molar-refractivity contribution in [1.82, 2.24) is 19.5 Å². The number of hydrogen-bond acceptors (Lipinski definition) is 6. The molecular formula is C15H21N5O2. The molecule has 2 aromatic heterocycles. The molecule has 0 spiro atoms. The summed E-state index contributed by atoms with van der Waals surface area (Å²) in [7, 11) is 1.70. The van der Waals surface area contributed by atoms with Gasteiger partial charge in [0, 0.05) is 38.4 Å². The molecule has 0 saturated carbocycles. The maximum Gasteiger partial charge on any atom is 0.129 e. The first-order valence-electron chi connectivity index (χ1n) is 7.48. The van der Waals surface area contributed by atoms with E-state index in [1.807, 2.05) is 18.6 Å². The van der Waals surface area contributed by atoms with E-state index < -0.39 is 0 Å². The minimum absolute atomic E-state index is 0.385. The van der Waals surface area contributed by atoms with Crippen LogP contribution in [0, 0.1) is 0 Å². The molecule has 1 saturated heterocycles. The van der Waals surface area contributed by atoms with Gasteiger partial charge in [0.05, 0.1) is 37.5 Å². The highest BCUT2D eigenvalue weighted by atomic mass is 16.5. The SMILES string of the molecule is COCCn1cncc1CNc1cc([C@@H]2CCOC2)ncn1. The molecule has 1 aliphatic rings. The Bertz CT molecular complexity index is 595. The van der Waals surface area contributed by atoms with Crippen LogP contribution in [0.5, 0.6) is 0 Å². The van der Waals surface area contributed by atoms with Gasteiger partial charge in [-0.3, -0.25) is 0 Å². The lowest BCUT2D eigenvalue weighted by atomic mass is 10.1. The molecule has 1 N–H and O–H groups in total. The average molecular weight is 303 g/mol. The van der Waals surface area contributed by atoms with Crippen LogP contribution < -0.4 is 5.32 Å². The summed E-state index contributed by atoms with van der Waals surface area (Å²) >= 11 is 0. The van der Waals surface area contributed by atoms with Crippen LogP contribution in [0.2, 0.25) is 0 Å². The van der Waals surface area contributed by atoms with Crippen LogP contribution in [0.4, 0.5) is 5.82 Å². The molecule has 7 heteroatoms. The average Bonchev–Trinajstić information content (AvgIpc) is 3.23. The second kappa shape index (κ2) is 7.33. The minimum atomic E-state index is 0.385. The standard InChI is InChI=1S/C15H21N5O2/c1-21-5-3-20-11-16-7-13(20)8-17-15-6-14(18-10-19-15)12-2-4-22-9-12/h6-7,10-12H,2-5,8-9H2,1H3,(H,17,18,19)/t12-/m1/s1. The Hall–Kier alpha value is -1.99. The minimum Gasteiger partial charge on any atom is -0.383 e. The van der Waals surface area contributed by atoms with Gasteiger partial charge in [0.1, 0.15) is 12.1 Å². The van der Waals surface area contributed by atoms with Gasteiger partial charge in [0.2, 0.25) is 0 Å². The van der Waals surface area contributed by atoms with Crippen LogP contribution in [0.3, 0.4) is 0 Å². The lowest BCUT2D eigenvalue weighted by Crippen LogP contribution is -2.11. The predicted molar refractivity (Wildman–Crippen MR) is 81.6 cm³/mol. The van der Waals surface area contributed by atoms with E-state index in [9.17, 15) is 0 Å². The van der Waals surface area contributed by atoms with Crippen molar-refractivity contribution in [3.05, 3.63) is 36.3 Å². The highest BCUT2D eigenvalue weighted by molar-refractivity contribution is 5.36. The zero-order valence-electron chi connectivity index (χ0n) is 12.7.